The van der Waals surface area contributed by atoms with E-state index in [1.807, 2.05) is 0 Å². The lowest BCUT2D eigenvalue weighted by Gasteiger charge is -2.35. The summed E-state index contributed by atoms with van der Waals surface area (Å²) in [5.74, 6) is 0. The van der Waals surface area contributed by atoms with Crippen LogP contribution in [0.1, 0.15) is 38.3 Å². The SMILES string of the molecule is CCc1csc(N(C)C2CC3CCC(C2)N3)n1. The molecule has 0 spiro atoms. The van der Waals surface area contributed by atoms with E-state index < -0.39 is 0 Å². The van der Waals surface area contributed by atoms with Gasteiger partial charge in [0.25, 0.3) is 0 Å². The van der Waals surface area contributed by atoms with Crippen molar-refractivity contribution in [2.45, 2.75) is 57.2 Å². The van der Waals surface area contributed by atoms with E-state index in [1.54, 1.807) is 11.3 Å². The van der Waals surface area contributed by atoms with E-state index >= 15 is 0 Å². The summed E-state index contributed by atoms with van der Waals surface area (Å²) >= 11 is 1.79. The molecule has 3 nitrogen and oxygen atoms in total. The van der Waals surface area contributed by atoms with Crippen molar-refractivity contribution in [2.75, 3.05) is 11.9 Å². The van der Waals surface area contributed by atoms with Gasteiger partial charge in [-0.1, -0.05) is 6.92 Å². The second kappa shape index (κ2) is 4.58. The van der Waals surface area contributed by atoms with Crippen molar-refractivity contribution in [3.8, 4) is 0 Å². The molecule has 1 N–H and O–H groups in total. The Balaban J connectivity index is 1.71. The van der Waals surface area contributed by atoms with Gasteiger partial charge < -0.3 is 10.2 Å². The maximum atomic E-state index is 4.70. The molecule has 3 heterocycles. The third-order valence-corrected chi connectivity index (χ3v) is 5.18. The molecule has 2 saturated heterocycles. The smallest absolute Gasteiger partial charge is 0.185 e. The Kier molecular flexibility index (Phi) is 3.09. The first-order valence-corrected chi connectivity index (χ1v) is 7.57. The highest BCUT2D eigenvalue weighted by Gasteiger charge is 2.35. The lowest BCUT2D eigenvalue weighted by Crippen LogP contribution is -2.47. The molecule has 1 aromatic rings. The van der Waals surface area contributed by atoms with E-state index in [-0.39, 0.29) is 0 Å². The quantitative estimate of drug-likeness (QED) is 0.894. The van der Waals surface area contributed by atoms with Crippen molar-refractivity contribution >= 4 is 16.5 Å². The number of aryl methyl sites for hydroxylation is 1. The molecule has 2 aliphatic heterocycles. The summed E-state index contributed by atoms with van der Waals surface area (Å²) in [5.41, 5.74) is 1.23. The van der Waals surface area contributed by atoms with Crippen LogP contribution in [0.25, 0.3) is 0 Å². The van der Waals surface area contributed by atoms with Gasteiger partial charge in [-0.15, -0.1) is 11.3 Å². The standard InChI is InChI=1S/C13H21N3S/c1-3-9-8-17-13(15-9)16(2)12-6-10-4-5-11(7-12)14-10/h8,10-12,14H,3-7H2,1-2H3. The van der Waals surface area contributed by atoms with E-state index in [4.69, 9.17) is 4.98 Å². The summed E-state index contributed by atoms with van der Waals surface area (Å²) in [5, 5.41) is 7.10. The van der Waals surface area contributed by atoms with Gasteiger partial charge in [-0.25, -0.2) is 4.98 Å². The minimum atomic E-state index is 0.685. The molecule has 0 aliphatic carbocycles. The van der Waals surface area contributed by atoms with Crippen LogP contribution in [0.15, 0.2) is 5.38 Å². The number of fused-ring (bicyclic) bond motifs is 2. The summed E-state index contributed by atoms with van der Waals surface area (Å²) in [6.45, 7) is 2.17. The highest BCUT2D eigenvalue weighted by atomic mass is 32.1. The average Bonchev–Trinajstić information content (AvgIpc) is 2.95. The Bertz CT molecular complexity index is 378. The highest BCUT2D eigenvalue weighted by molar-refractivity contribution is 7.13. The summed E-state index contributed by atoms with van der Waals surface area (Å²) in [6.07, 6.45) is 6.35. The first-order valence-electron chi connectivity index (χ1n) is 6.69. The monoisotopic (exact) mass is 251 g/mol. The Morgan fingerprint density at radius 3 is 2.71 bits per heavy atom. The van der Waals surface area contributed by atoms with Crippen LogP contribution in [-0.2, 0) is 6.42 Å². The van der Waals surface area contributed by atoms with Crippen molar-refractivity contribution < 1.29 is 0 Å². The van der Waals surface area contributed by atoms with Crippen LogP contribution in [0.3, 0.4) is 0 Å². The second-order valence-corrected chi connectivity index (χ2v) is 6.19. The Labute approximate surface area is 107 Å². The van der Waals surface area contributed by atoms with Crippen molar-refractivity contribution in [1.82, 2.24) is 10.3 Å². The van der Waals surface area contributed by atoms with Gasteiger partial charge in [0.2, 0.25) is 0 Å². The maximum absolute atomic E-state index is 4.70. The summed E-state index contributed by atoms with van der Waals surface area (Å²) in [4.78, 5) is 7.11. The van der Waals surface area contributed by atoms with Crippen LogP contribution >= 0.6 is 11.3 Å². The average molecular weight is 251 g/mol. The third-order valence-electron chi connectivity index (χ3n) is 4.20. The zero-order valence-corrected chi connectivity index (χ0v) is 11.5. The van der Waals surface area contributed by atoms with Crippen molar-refractivity contribution in [3.63, 3.8) is 0 Å². The topological polar surface area (TPSA) is 28.2 Å². The molecule has 94 valence electrons. The fourth-order valence-electron chi connectivity index (χ4n) is 3.12. The van der Waals surface area contributed by atoms with Crippen LogP contribution in [0.2, 0.25) is 0 Å². The molecular formula is C13H21N3S. The van der Waals surface area contributed by atoms with Crippen LogP contribution in [-0.4, -0.2) is 30.2 Å². The van der Waals surface area contributed by atoms with Crippen molar-refractivity contribution in [1.29, 1.82) is 0 Å². The van der Waals surface area contributed by atoms with Gasteiger partial charge in [0.05, 0.1) is 5.69 Å². The van der Waals surface area contributed by atoms with Crippen LogP contribution in [0.5, 0.6) is 0 Å². The molecule has 2 unspecified atom stereocenters. The minimum Gasteiger partial charge on any atom is -0.348 e. The lowest BCUT2D eigenvalue weighted by molar-refractivity contribution is 0.354. The molecule has 0 radical (unpaired) electrons. The molecule has 17 heavy (non-hydrogen) atoms. The van der Waals surface area contributed by atoms with Gasteiger partial charge in [-0.3, -0.25) is 0 Å². The maximum Gasteiger partial charge on any atom is 0.185 e. The molecule has 0 saturated carbocycles. The summed E-state index contributed by atoms with van der Waals surface area (Å²) in [6, 6.07) is 2.20. The normalized spacial score (nSPS) is 31.8. The van der Waals surface area contributed by atoms with Crippen LogP contribution < -0.4 is 10.2 Å². The molecule has 0 amide bonds. The zero-order valence-electron chi connectivity index (χ0n) is 10.6. The van der Waals surface area contributed by atoms with Gasteiger partial charge in [-0.2, -0.15) is 0 Å². The largest absolute Gasteiger partial charge is 0.348 e. The van der Waals surface area contributed by atoms with Gasteiger partial charge in [0, 0.05) is 30.6 Å². The van der Waals surface area contributed by atoms with Crippen LogP contribution in [0.4, 0.5) is 5.13 Å². The number of piperidine rings is 1. The second-order valence-electron chi connectivity index (χ2n) is 5.35. The number of thiazole rings is 1. The zero-order chi connectivity index (χ0) is 11.8. The number of rotatable bonds is 3. The third kappa shape index (κ3) is 2.20. The van der Waals surface area contributed by atoms with Gasteiger partial charge in [0.15, 0.2) is 5.13 Å². The number of nitrogens with one attached hydrogen (secondary N) is 1. The Morgan fingerprint density at radius 1 is 1.41 bits per heavy atom. The van der Waals surface area contributed by atoms with Gasteiger partial charge in [0.1, 0.15) is 0 Å². The predicted molar refractivity (Wildman–Crippen MR) is 72.9 cm³/mol. The molecule has 0 aromatic carbocycles. The van der Waals surface area contributed by atoms with Crippen molar-refractivity contribution in [2.24, 2.45) is 0 Å². The number of hydrogen-bond acceptors (Lipinski definition) is 4. The molecule has 4 heteroatoms. The van der Waals surface area contributed by atoms with E-state index in [0.717, 1.165) is 18.5 Å². The number of nitrogens with zero attached hydrogens (tertiary/aromatic N) is 2. The molecule has 2 fully saturated rings. The molecule has 3 rings (SSSR count). The predicted octanol–water partition coefficient (Wildman–Crippen LogP) is 2.42. The number of hydrogen-bond donors (Lipinski definition) is 1. The summed E-state index contributed by atoms with van der Waals surface area (Å²) < 4.78 is 0. The van der Waals surface area contributed by atoms with Crippen molar-refractivity contribution in [3.05, 3.63) is 11.1 Å². The van der Waals surface area contributed by atoms with E-state index in [9.17, 15) is 0 Å². The molecule has 1 aromatic heterocycles. The van der Waals surface area contributed by atoms with E-state index in [2.05, 4.69) is 29.6 Å². The fourth-order valence-corrected chi connectivity index (χ4v) is 4.07. The Hall–Kier alpha value is -0.610. The number of anilines is 1. The first kappa shape index (κ1) is 11.5. The van der Waals surface area contributed by atoms with E-state index in [0.29, 0.717) is 6.04 Å². The molecule has 2 aliphatic rings. The highest BCUT2D eigenvalue weighted by Crippen LogP contribution is 2.32. The first-order chi connectivity index (χ1) is 8.26. The molecular weight excluding hydrogens is 230 g/mol. The molecule has 2 atom stereocenters. The lowest BCUT2D eigenvalue weighted by atomic mass is 9.99. The van der Waals surface area contributed by atoms with Gasteiger partial charge >= 0.3 is 0 Å². The van der Waals surface area contributed by atoms with Gasteiger partial charge in [-0.05, 0) is 32.1 Å². The molecule has 2 bridgehead atoms. The van der Waals surface area contributed by atoms with Crippen LogP contribution in [0, 0.1) is 0 Å². The Morgan fingerprint density at radius 2 is 2.12 bits per heavy atom. The number of aromatic nitrogens is 1. The fraction of sp³-hybridized carbons (Fsp3) is 0.769. The summed E-state index contributed by atoms with van der Waals surface area (Å²) in [7, 11) is 2.22. The van der Waals surface area contributed by atoms with E-state index in [1.165, 1.54) is 36.5 Å². The minimum absolute atomic E-state index is 0.685.